The second-order valence-corrected chi connectivity index (χ2v) is 35.4. The van der Waals surface area contributed by atoms with Gasteiger partial charge in [-0.05, 0) is 70.2 Å². The standard InChI is InChI=1S/C14H19FN4O2.2C13H16F2N4O2.C13H16FIN4O2.C12H14F2N4O2.C12H14FIN4O2/c1-7-10(5-20)21-12(14(7,2)3)9-4-8(15)11-13(16)17-6-18-19(9)11;1-13(2)10(15)8(4-20)21-11(13)7-3-6(14)9-12(16)17-5-18-19(7)9;1-6-9(4-20)21-11(13(6,2)15)8-3-7(14)10-12(16)17-5-18-19(8)10;1-13(2)10(14)8(4-20)21-11(13)7-3-6(15)9-12(16)17-5-18-19(7)9;1-5-8(3-19)20-11(9(5)14)7-2-6(13)10-12(15)16-4-17-18(7)10;1-5-8(3-19)20-11(9(5)13)7-2-6(14)10-12(15)16-4-17-18(7)10/h4,6-7,10,12,20H,5H2,1-3H3,(H2,16,17,18);3,5,8,10-11,20H,4H2,1-2H3,(H2,16,17,18);3,5-6,9,11,20H,4H2,1-2H3,(H2,16,17,18);3,5,8,10-11,20H,4H2,1-2H3,(H2,16,17,18);2*2,4-5,8-9,11,19H,3H2,1H3,(H2,15,16,17)/t7-,10-,12+;8-,10-,11+;6-,9-,11+,13-;8-,10-,11+;2*5-,8-,9-,11+/m111111/s1. The molecule has 18 heterocycles. The van der Waals surface area contributed by atoms with Gasteiger partial charge in [-0.1, -0.05) is 69.2 Å². The Kier molecular flexibility index (Phi) is 26.8. The van der Waals surface area contributed by atoms with Gasteiger partial charge in [0.15, 0.2) is 58.2 Å². The number of nitrogens with zero attached hydrogens (tertiary/aromatic N) is 18. The van der Waals surface area contributed by atoms with E-state index in [0.717, 1.165) is 19.3 Å². The molecule has 0 unspecified atom stereocenters. The third kappa shape index (κ3) is 16.2. The van der Waals surface area contributed by atoms with Gasteiger partial charge in [-0.25, -0.2) is 96.5 Å². The Morgan fingerprint density at radius 3 is 0.887 bits per heavy atom. The van der Waals surface area contributed by atoms with Gasteiger partial charge in [-0.3, -0.25) is 0 Å². The van der Waals surface area contributed by atoms with Crippen LogP contribution >= 0.6 is 45.2 Å². The average molecular weight is 1970 g/mol. The van der Waals surface area contributed by atoms with E-state index in [2.05, 4.69) is 106 Å². The lowest BCUT2D eigenvalue weighted by atomic mass is 9.75. The summed E-state index contributed by atoms with van der Waals surface area (Å²) < 4.78 is 173. The maximum Gasteiger partial charge on any atom is 0.154 e. The number of hydrogen-bond acceptors (Lipinski definition) is 30. The maximum atomic E-state index is 15.0. The molecule has 0 aromatic carbocycles. The normalized spacial score (nSPS) is 29.7. The van der Waals surface area contributed by atoms with Crippen molar-refractivity contribution in [3.8, 4) is 0 Å². The molecule has 672 valence electrons. The van der Waals surface area contributed by atoms with Crippen molar-refractivity contribution in [2.75, 3.05) is 74.0 Å². The molecular weight excluding hydrogens is 1880 g/mol. The molecule has 12 aromatic heterocycles. The van der Waals surface area contributed by atoms with Gasteiger partial charge in [0, 0.05) is 65.4 Å². The van der Waals surface area contributed by atoms with Crippen LogP contribution in [0, 0.1) is 70.3 Å². The van der Waals surface area contributed by atoms with Gasteiger partial charge in [0.2, 0.25) is 0 Å². The molecule has 0 spiro atoms. The van der Waals surface area contributed by atoms with Crippen molar-refractivity contribution in [3.05, 3.63) is 139 Å². The van der Waals surface area contributed by atoms with Crippen molar-refractivity contribution in [1.29, 1.82) is 0 Å². The predicted molar refractivity (Wildman–Crippen MR) is 445 cm³/mol. The molecule has 36 nitrogen and oxygen atoms in total. The third-order valence-electron chi connectivity index (χ3n) is 24.6. The summed E-state index contributed by atoms with van der Waals surface area (Å²) in [6, 6.07) is 8.57. The van der Waals surface area contributed by atoms with Crippen LogP contribution in [0.4, 0.5) is 74.4 Å². The van der Waals surface area contributed by atoms with Crippen LogP contribution in [0.15, 0.2) is 74.4 Å². The quantitative estimate of drug-likeness (QED) is 0.0408. The fraction of sp³-hybridized carbons (Fsp3) is 0.532. The molecule has 12 aromatic rings. The second kappa shape index (κ2) is 36.0. The topological polar surface area (TPSA) is 514 Å². The molecule has 0 bridgehead atoms. The lowest BCUT2D eigenvalue weighted by molar-refractivity contribution is -0.0200. The molecule has 18 rings (SSSR count). The second-order valence-electron chi connectivity index (χ2n) is 33.0. The zero-order valence-electron chi connectivity index (χ0n) is 68.5. The number of rotatable bonds is 12. The van der Waals surface area contributed by atoms with Crippen LogP contribution in [0.1, 0.15) is 147 Å². The number of nitrogens with two attached hydrogens (primary N) is 6. The Bertz CT molecular complexity index is 5270. The van der Waals surface area contributed by atoms with E-state index >= 15 is 0 Å². The van der Waals surface area contributed by atoms with Crippen molar-refractivity contribution in [2.45, 2.75) is 180 Å². The Morgan fingerprint density at radius 2 is 0.581 bits per heavy atom. The average Bonchev–Trinajstić information content (AvgIpc) is 1.66. The lowest BCUT2D eigenvalue weighted by Crippen LogP contribution is -2.32. The smallest absolute Gasteiger partial charge is 0.154 e. The summed E-state index contributed by atoms with van der Waals surface area (Å²) in [6.07, 6.45) is -5.95. The number of ether oxygens (including phenoxy) is 6. The van der Waals surface area contributed by atoms with E-state index in [0.29, 0.717) is 45.4 Å². The molecule has 124 heavy (non-hydrogen) atoms. The fourth-order valence-corrected chi connectivity index (χ4v) is 18.4. The number of anilines is 6. The number of aliphatic hydroxyl groups is 6. The summed E-state index contributed by atoms with van der Waals surface area (Å²) in [5.74, 6) is -2.85. The van der Waals surface area contributed by atoms with Crippen LogP contribution in [0.25, 0.3) is 33.1 Å². The number of halogens is 11. The Morgan fingerprint density at radius 1 is 0.339 bits per heavy atom. The monoisotopic (exact) mass is 1970 g/mol. The van der Waals surface area contributed by atoms with Crippen LogP contribution in [-0.4, -0.2) is 225 Å². The van der Waals surface area contributed by atoms with Crippen LogP contribution < -0.4 is 34.4 Å². The van der Waals surface area contributed by atoms with Gasteiger partial charge < -0.3 is 93.5 Å². The molecule has 47 heteroatoms. The van der Waals surface area contributed by atoms with E-state index < -0.39 is 144 Å². The first kappa shape index (κ1) is 92.5. The zero-order chi connectivity index (χ0) is 90.3. The van der Waals surface area contributed by atoms with E-state index in [1.807, 2.05) is 26.8 Å². The van der Waals surface area contributed by atoms with E-state index in [1.54, 1.807) is 63.6 Å². The largest absolute Gasteiger partial charge is 0.394 e. The molecule has 6 aliphatic heterocycles. The van der Waals surface area contributed by atoms with Gasteiger partial charge in [0.05, 0.1) is 98.2 Å². The number of aromatic nitrogens is 18. The van der Waals surface area contributed by atoms with Gasteiger partial charge >= 0.3 is 0 Å². The van der Waals surface area contributed by atoms with Crippen molar-refractivity contribution in [2.24, 2.45) is 39.9 Å². The molecule has 6 aliphatic rings. The molecule has 0 radical (unpaired) electrons. The summed E-state index contributed by atoms with van der Waals surface area (Å²) in [4.78, 5) is 22.9. The molecule has 0 amide bonds. The van der Waals surface area contributed by atoms with E-state index in [9.17, 15) is 65.0 Å². The fourth-order valence-electron chi connectivity index (χ4n) is 16.7. The maximum absolute atomic E-state index is 15.0. The van der Waals surface area contributed by atoms with Crippen molar-refractivity contribution in [3.63, 3.8) is 0 Å². The predicted octanol–water partition coefficient (Wildman–Crippen LogP) is 7.93. The van der Waals surface area contributed by atoms with Gasteiger partial charge in [0.25, 0.3) is 0 Å². The highest BCUT2D eigenvalue weighted by molar-refractivity contribution is 14.1. The molecule has 18 N–H and O–H groups in total. The first-order valence-corrected chi connectivity index (χ1v) is 41.2. The van der Waals surface area contributed by atoms with Gasteiger partial charge in [0.1, 0.15) is 150 Å². The summed E-state index contributed by atoms with van der Waals surface area (Å²) in [6.45, 7) is 17.8. The molecule has 0 aliphatic carbocycles. The minimum Gasteiger partial charge on any atom is -0.394 e. The Balaban J connectivity index is 0.000000128. The van der Waals surface area contributed by atoms with Crippen molar-refractivity contribution >= 4 is 113 Å². The van der Waals surface area contributed by atoms with E-state index in [-0.39, 0.29) is 119 Å². The molecule has 0 saturated carbocycles. The molecule has 6 fully saturated rings. The van der Waals surface area contributed by atoms with Crippen LogP contribution in [0.3, 0.4) is 0 Å². The lowest BCUT2D eigenvalue weighted by Gasteiger charge is -2.28. The summed E-state index contributed by atoms with van der Waals surface area (Å²) >= 11 is 4.25. The van der Waals surface area contributed by atoms with E-state index in [1.165, 1.54) is 75.1 Å². The van der Waals surface area contributed by atoms with Crippen molar-refractivity contribution < 1.29 is 98.6 Å². The van der Waals surface area contributed by atoms with Crippen LogP contribution in [0.5, 0.6) is 0 Å². The Hall–Kier alpha value is -9.13. The first-order valence-electron chi connectivity index (χ1n) is 39.1. The van der Waals surface area contributed by atoms with Crippen molar-refractivity contribution in [1.82, 2.24) is 87.6 Å². The number of alkyl halides is 5. The molecule has 21 atom stereocenters. The van der Waals surface area contributed by atoms with Crippen LogP contribution in [-0.2, 0) is 28.4 Å². The zero-order valence-corrected chi connectivity index (χ0v) is 72.8. The van der Waals surface area contributed by atoms with Gasteiger partial charge in [-0.15, -0.1) is 0 Å². The number of nitrogen functional groups attached to an aromatic ring is 6. The highest BCUT2D eigenvalue weighted by Gasteiger charge is 2.57. The third-order valence-corrected chi connectivity index (χ3v) is 26.2. The number of fused-ring (bicyclic) bond motifs is 6. The highest BCUT2D eigenvalue weighted by Crippen LogP contribution is 2.55. The van der Waals surface area contributed by atoms with Crippen LogP contribution in [0.2, 0.25) is 0 Å². The van der Waals surface area contributed by atoms with Gasteiger partial charge in [-0.2, -0.15) is 30.6 Å². The first-order chi connectivity index (χ1) is 58.6. The molecular formula is C77H95F9I2N24O12. The molecule has 6 saturated heterocycles. The highest BCUT2D eigenvalue weighted by atomic mass is 127. The number of aliphatic hydroxyl groups excluding tert-OH is 6. The van der Waals surface area contributed by atoms with E-state index in [4.69, 9.17) is 67.9 Å². The Labute approximate surface area is 727 Å². The summed E-state index contributed by atoms with van der Waals surface area (Å²) in [5, 5.41) is 79.8. The number of hydrogen-bond donors (Lipinski definition) is 12. The summed E-state index contributed by atoms with van der Waals surface area (Å²) in [7, 11) is 0. The SMILES string of the molecule is CC1(C)[C@H](F)[C@@H](CO)O[C@H]1c1cc(F)c2c(N)ncnn12.CC1(C)[C@H](F)[C@@H](CO)O[C@H]1c1cc(I)c2c(N)ncnn12.C[C@@H]1[C@@H](CO)O[C@@H](c2cc(F)c3c(N)ncnn23)C1(C)C.C[C@@H]1[C@@H](CO)O[C@@H](c2cc(F)c3c(N)ncnn23)[C@]1(C)F.C[C@H]1[C@@H](F)[C@H](c2cc(F)c3c(N)ncnn23)O[C@@H]1CO.C[C@H]1[C@@H](F)[C@H](c2cc(I)c3c(N)ncnn23)O[C@@H]1CO. The summed E-state index contributed by atoms with van der Waals surface area (Å²) in [5.41, 5.74) is 34.8. The minimum atomic E-state index is -1.77. The minimum absolute atomic E-state index is 0.0000553.